The van der Waals surface area contributed by atoms with Crippen LogP contribution in [0.15, 0.2) is 46.9 Å². The summed E-state index contributed by atoms with van der Waals surface area (Å²) in [5, 5.41) is 8.01. The van der Waals surface area contributed by atoms with Crippen molar-refractivity contribution < 1.29 is 9.13 Å². The molecule has 2 aromatic carbocycles. The van der Waals surface area contributed by atoms with Gasteiger partial charge in [0.05, 0.1) is 7.11 Å². The highest BCUT2D eigenvalue weighted by Gasteiger charge is 2.26. The van der Waals surface area contributed by atoms with E-state index in [1.807, 2.05) is 18.2 Å². The normalized spacial score (nSPS) is 12.8. The first-order valence-electron chi connectivity index (χ1n) is 7.63. The average Bonchev–Trinajstić information content (AvgIpc) is 3.18. The zero-order valence-electron chi connectivity index (χ0n) is 13.0. The van der Waals surface area contributed by atoms with E-state index in [2.05, 4.69) is 21.2 Å². The minimum absolute atomic E-state index is 0.302. The maximum atomic E-state index is 14.2. The Morgan fingerprint density at radius 3 is 2.88 bits per heavy atom. The third kappa shape index (κ3) is 2.38. The zero-order valence-corrected chi connectivity index (χ0v) is 14.6. The van der Waals surface area contributed by atoms with Gasteiger partial charge in [0.1, 0.15) is 28.8 Å². The summed E-state index contributed by atoms with van der Waals surface area (Å²) in [6.45, 7) is 0.810. The third-order valence-corrected chi connectivity index (χ3v) is 4.64. The molecular formula is C18H15BrFN3O. The van der Waals surface area contributed by atoms with Gasteiger partial charge in [-0.05, 0) is 36.8 Å². The molecule has 1 aliphatic rings. The van der Waals surface area contributed by atoms with Crippen LogP contribution in [0.25, 0.3) is 16.9 Å². The third-order valence-electron chi connectivity index (χ3n) is 4.15. The molecule has 1 aliphatic heterocycles. The van der Waals surface area contributed by atoms with Crippen LogP contribution in [0.1, 0.15) is 5.56 Å². The van der Waals surface area contributed by atoms with Crippen LogP contribution in [0.5, 0.6) is 5.75 Å². The Morgan fingerprint density at radius 1 is 1.25 bits per heavy atom. The molecule has 0 spiro atoms. The fraction of sp³-hybridized carbons (Fsp3) is 0.167. The zero-order chi connectivity index (χ0) is 16.7. The lowest BCUT2D eigenvalue weighted by Gasteiger charge is -2.09. The Hall–Kier alpha value is -2.34. The minimum Gasteiger partial charge on any atom is -0.496 e. The lowest BCUT2D eigenvalue weighted by atomic mass is 10.1. The summed E-state index contributed by atoms with van der Waals surface area (Å²) in [6, 6.07) is 12.5. The first-order valence-corrected chi connectivity index (χ1v) is 8.43. The molecule has 0 atom stereocenters. The Kier molecular flexibility index (Phi) is 3.76. The van der Waals surface area contributed by atoms with E-state index in [1.165, 1.54) is 6.07 Å². The van der Waals surface area contributed by atoms with E-state index in [-0.39, 0.29) is 5.82 Å². The van der Waals surface area contributed by atoms with E-state index in [9.17, 15) is 4.39 Å². The molecule has 0 fully saturated rings. The largest absolute Gasteiger partial charge is 0.496 e. The van der Waals surface area contributed by atoms with E-state index in [0.717, 1.165) is 45.8 Å². The van der Waals surface area contributed by atoms with Crippen LogP contribution in [-0.4, -0.2) is 23.4 Å². The monoisotopic (exact) mass is 387 g/mol. The molecule has 4 rings (SSSR count). The molecule has 0 aliphatic carbocycles. The fourth-order valence-corrected chi connectivity index (χ4v) is 3.42. The van der Waals surface area contributed by atoms with Gasteiger partial charge in [0.25, 0.3) is 0 Å². The van der Waals surface area contributed by atoms with Crippen LogP contribution in [0.3, 0.4) is 0 Å². The number of hydrogen-bond donors (Lipinski definition) is 1. The van der Waals surface area contributed by atoms with E-state index >= 15 is 0 Å². The van der Waals surface area contributed by atoms with Gasteiger partial charge < -0.3 is 10.1 Å². The number of benzene rings is 2. The molecule has 0 radical (unpaired) electrons. The van der Waals surface area contributed by atoms with Crippen LogP contribution in [0.4, 0.5) is 10.2 Å². The SMILES string of the molecule is COc1ccc(Br)cc1-c1nn(-c2ccccc2F)c2c1CCN2. The number of hydrogen-bond acceptors (Lipinski definition) is 3. The Balaban J connectivity index is 1.95. The summed E-state index contributed by atoms with van der Waals surface area (Å²) in [5.41, 5.74) is 3.22. The summed E-state index contributed by atoms with van der Waals surface area (Å²) >= 11 is 3.50. The number of rotatable bonds is 3. The van der Waals surface area contributed by atoms with Crippen LogP contribution in [0, 0.1) is 5.82 Å². The van der Waals surface area contributed by atoms with Crippen molar-refractivity contribution in [1.82, 2.24) is 9.78 Å². The highest BCUT2D eigenvalue weighted by Crippen LogP contribution is 2.39. The van der Waals surface area contributed by atoms with Gasteiger partial charge in [-0.15, -0.1) is 0 Å². The minimum atomic E-state index is -0.302. The number of nitrogens with zero attached hydrogens (tertiary/aromatic N) is 2. The first-order chi connectivity index (χ1) is 11.7. The molecule has 24 heavy (non-hydrogen) atoms. The van der Waals surface area contributed by atoms with Crippen molar-refractivity contribution in [3.8, 4) is 22.7 Å². The van der Waals surface area contributed by atoms with Gasteiger partial charge in [-0.1, -0.05) is 28.1 Å². The molecule has 6 heteroatoms. The Morgan fingerprint density at radius 2 is 2.08 bits per heavy atom. The maximum Gasteiger partial charge on any atom is 0.148 e. The molecule has 3 aromatic rings. The highest BCUT2D eigenvalue weighted by atomic mass is 79.9. The summed E-state index contributed by atoms with van der Waals surface area (Å²) < 4.78 is 22.3. The number of anilines is 1. The van der Waals surface area contributed by atoms with Crippen LogP contribution < -0.4 is 10.1 Å². The number of fused-ring (bicyclic) bond motifs is 1. The smallest absolute Gasteiger partial charge is 0.148 e. The predicted octanol–water partition coefficient (Wildman–Crippen LogP) is 4.42. The quantitative estimate of drug-likeness (QED) is 0.722. The van der Waals surface area contributed by atoms with Gasteiger partial charge >= 0.3 is 0 Å². The standard InChI is InChI=1S/C18H15BrFN3O/c1-24-16-7-6-11(19)10-13(16)17-12-8-9-21-18(12)23(22-17)15-5-3-2-4-14(15)20/h2-7,10,21H,8-9H2,1H3. The number of ether oxygens (including phenoxy) is 1. The van der Waals surface area contributed by atoms with Crippen molar-refractivity contribution in [3.63, 3.8) is 0 Å². The summed E-state index contributed by atoms with van der Waals surface area (Å²) in [6.07, 6.45) is 0.842. The van der Waals surface area contributed by atoms with E-state index < -0.39 is 0 Å². The highest BCUT2D eigenvalue weighted by molar-refractivity contribution is 9.10. The molecule has 0 saturated heterocycles. The number of aromatic nitrogens is 2. The molecule has 1 aromatic heterocycles. The van der Waals surface area contributed by atoms with Crippen molar-refractivity contribution in [3.05, 3.63) is 58.3 Å². The van der Waals surface area contributed by atoms with Gasteiger partial charge in [-0.3, -0.25) is 0 Å². The van der Waals surface area contributed by atoms with Crippen molar-refractivity contribution in [2.75, 3.05) is 19.0 Å². The summed E-state index contributed by atoms with van der Waals surface area (Å²) in [7, 11) is 1.64. The van der Waals surface area contributed by atoms with Gasteiger partial charge in [0.2, 0.25) is 0 Å². The molecule has 0 unspecified atom stereocenters. The Labute approximate surface area is 147 Å². The van der Waals surface area contributed by atoms with Gasteiger partial charge in [0, 0.05) is 22.1 Å². The molecule has 2 heterocycles. The molecule has 0 saturated carbocycles. The maximum absolute atomic E-state index is 14.2. The second-order valence-electron chi connectivity index (χ2n) is 5.56. The lowest BCUT2D eigenvalue weighted by Crippen LogP contribution is -2.06. The number of nitrogens with one attached hydrogen (secondary N) is 1. The van der Waals surface area contributed by atoms with Gasteiger partial charge in [-0.25, -0.2) is 9.07 Å². The molecule has 0 bridgehead atoms. The molecule has 0 amide bonds. The lowest BCUT2D eigenvalue weighted by molar-refractivity contribution is 0.416. The van der Waals surface area contributed by atoms with Crippen molar-refractivity contribution in [2.45, 2.75) is 6.42 Å². The first kappa shape index (κ1) is 15.2. The molecule has 4 nitrogen and oxygen atoms in total. The number of methoxy groups -OCH3 is 1. The van der Waals surface area contributed by atoms with E-state index in [0.29, 0.717) is 5.69 Å². The molecule has 122 valence electrons. The topological polar surface area (TPSA) is 39.1 Å². The number of halogens is 2. The second-order valence-corrected chi connectivity index (χ2v) is 6.48. The van der Waals surface area contributed by atoms with Crippen molar-refractivity contribution in [2.24, 2.45) is 0 Å². The van der Waals surface area contributed by atoms with E-state index in [4.69, 9.17) is 9.84 Å². The fourth-order valence-electron chi connectivity index (χ4n) is 3.05. The summed E-state index contributed by atoms with van der Waals surface area (Å²) in [4.78, 5) is 0. The molecular weight excluding hydrogens is 373 g/mol. The molecule has 1 N–H and O–H groups in total. The van der Waals surface area contributed by atoms with Crippen molar-refractivity contribution in [1.29, 1.82) is 0 Å². The number of para-hydroxylation sites is 1. The Bertz CT molecular complexity index is 923. The predicted molar refractivity (Wildman–Crippen MR) is 95.4 cm³/mol. The van der Waals surface area contributed by atoms with E-state index in [1.54, 1.807) is 30.0 Å². The van der Waals surface area contributed by atoms with Gasteiger partial charge in [0.15, 0.2) is 0 Å². The van der Waals surface area contributed by atoms with Crippen LogP contribution >= 0.6 is 15.9 Å². The van der Waals surface area contributed by atoms with Crippen molar-refractivity contribution >= 4 is 21.7 Å². The average molecular weight is 388 g/mol. The van der Waals surface area contributed by atoms with Gasteiger partial charge in [-0.2, -0.15) is 5.10 Å². The van der Waals surface area contributed by atoms with Crippen LogP contribution in [0.2, 0.25) is 0 Å². The second kappa shape index (κ2) is 5.94. The van der Waals surface area contributed by atoms with Crippen LogP contribution in [-0.2, 0) is 6.42 Å². The summed E-state index contributed by atoms with van der Waals surface area (Å²) in [5.74, 6) is 1.28.